The Bertz CT molecular complexity index is 636. The molecule has 0 aliphatic heterocycles. The van der Waals surface area contributed by atoms with E-state index in [0.29, 0.717) is 11.9 Å². The van der Waals surface area contributed by atoms with Crippen LogP contribution in [0.1, 0.15) is 110 Å². The van der Waals surface area contributed by atoms with E-state index in [4.69, 9.17) is 23.0 Å². The average molecular weight is 599 g/mol. The molecule has 0 saturated carbocycles. The zero-order valence-corrected chi connectivity index (χ0v) is 24.7. The second-order valence-corrected chi connectivity index (χ2v) is 11.5. The number of ether oxygens (including phenoxy) is 2. The Labute approximate surface area is 226 Å². The monoisotopic (exact) mass is 597 g/mol. The predicted octanol–water partition coefficient (Wildman–Crippen LogP) is 8.23. The minimum absolute atomic E-state index is 0.0678. The number of phosphoric acid groups is 1. The molecule has 0 saturated heterocycles. The Hall–Kier alpha value is -0.440. The van der Waals surface area contributed by atoms with Crippen molar-refractivity contribution in [1.82, 2.24) is 5.16 Å². The summed E-state index contributed by atoms with van der Waals surface area (Å²) in [6.07, 6.45) is 22.0. The van der Waals surface area contributed by atoms with Crippen LogP contribution in [0.4, 0.5) is 0 Å². The maximum atomic E-state index is 11.9. The highest BCUT2D eigenvalue weighted by atomic mass is 79.9. The van der Waals surface area contributed by atoms with Crippen molar-refractivity contribution in [3.8, 4) is 5.88 Å². The number of phosphoric ester groups is 1. The van der Waals surface area contributed by atoms with Crippen molar-refractivity contribution in [1.29, 1.82) is 0 Å². The molecule has 0 aliphatic carbocycles. The van der Waals surface area contributed by atoms with Crippen LogP contribution in [0.5, 0.6) is 5.88 Å². The van der Waals surface area contributed by atoms with Crippen LogP contribution >= 0.6 is 23.8 Å². The van der Waals surface area contributed by atoms with Gasteiger partial charge in [-0.05, 0) is 11.6 Å². The topological polar surface area (TPSA) is 100 Å². The first-order valence-corrected chi connectivity index (χ1v) is 16.5. The summed E-state index contributed by atoms with van der Waals surface area (Å²) in [5, 5.41) is 4.14. The largest absolute Gasteiger partial charge is 0.472 e. The van der Waals surface area contributed by atoms with Crippen LogP contribution in [0.25, 0.3) is 0 Å². The van der Waals surface area contributed by atoms with Gasteiger partial charge < -0.3 is 18.9 Å². The Morgan fingerprint density at radius 3 is 1.92 bits per heavy atom. The fraction of sp³-hybridized carbons (Fsp3) is 0.885. The molecule has 1 aromatic heterocycles. The molecule has 1 rings (SSSR count). The number of rotatable bonds is 27. The average Bonchev–Trinajstić information content (AvgIpc) is 3.38. The highest BCUT2D eigenvalue weighted by molar-refractivity contribution is 9.09. The summed E-state index contributed by atoms with van der Waals surface area (Å²) in [6, 6.07) is 1.56. The molecular weight excluding hydrogens is 549 g/mol. The van der Waals surface area contributed by atoms with E-state index in [1.165, 1.54) is 96.2 Å². The minimum Gasteiger partial charge on any atom is -0.467 e. The molecular formula is C26H49BrNO7P. The lowest BCUT2D eigenvalue weighted by Gasteiger charge is -2.19. The van der Waals surface area contributed by atoms with E-state index in [1.54, 1.807) is 6.07 Å². The molecule has 10 heteroatoms. The van der Waals surface area contributed by atoms with Crippen LogP contribution < -0.4 is 4.74 Å². The maximum Gasteiger partial charge on any atom is 0.472 e. The highest BCUT2D eigenvalue weighted by Crippen LogP contribution is 2.43. The summed E-state index contributed by atoms with van der Waals surface area (Å²) in [5.41, 5.74) is 0. The van der Waals surface area contributed by atoms with E-state index < -0.39 is 13.9 Å². The van der Waals surface area contributed by atoms with E-state index in [1.807, 2.05) is 0 Å². The lowest BCUT2D eigenvalue weighted by Crippen LogP contribution is -2.28. The number of alkyl halides is 1. The summed E-state index contributed by atoms with van der Waals surface area (Å²) < 4.78 is 37.9. The molecule has 212 valence electrons. The van der Waals surface area contributed by atoms with Gasteiger partial charge in [-0.3, -0.25) is 9.05 Å². The van der Waals surface area contributed by atoms with Crippen LogP contribution in [0.2, 0.25) is 0 Å². The van der Waals surface area contributed by atoms with Gasteiger partial charge in [0.25, 0.3) is 5.88 Å². The van der Waals surface area contributed by atoms with E-state index in [0.717, 1.165) is 12.8 Å². The molecule has 0 fully saturated rings. The first kappa shape index (κ1) is 33.6. The molecule has 0 amide bonds. The van der Waals surface area contributed by atoms with Gasteiger partial charge >= 0.3 is 7.82 Å². The van der Waals surface area contributed by atoms with E-state index in [-0.39, 0.29) is 25.7 Å². The standard InChI is InChI=1S/C26H49BrNO7P/c1-2-3-4-5-6-7-8-9-10-11-12-13-14-15-16-17-20-31-23-25(35-26-18-21-32-28-26)24-34-36(29,30)33-22-19-27/h18,21,25H,2-17,19-20,22-24H2,1H3,(H,29,30). The zero-order chi connectivity index (χ0) is 26.2. The predicted molar refractivity (Wildman–Crippen MR) is 147 cm³/mol. The summed E-state index contributed by atoms with van der Waals surface area (Å²) in [4.78, 5) is 9.71. The van der Waals surface area contributed by atoms with Crippen LogP contribution in [0.15, 0.2) is 16.9 Å². The number of unbranched alkanes of at least 4 members (excludes halogenated alkanes) is 15. The second kappa shape index (κ2) is 23.7. The number of hydrogen-bond donors (Lipinski definition) is 1. The fourth-order valence-corrected chi connectivity index (χ4v) is 5.04. The van der Waals surface area contributed by atoms with Gasteiger partial charge in [-0.15, -0.1) is 0 Å². The Kier molecular flexibility index (Phi) is 22.1. The molecule has 2 atom stereocenters. The Balaban J connectivity index is 2.00. The van der Waals surface area contributed by atoms with Crippen LogP contribution in [-0.4, -0.2) is 47.9 Å². The molecule has 0 radical (unpaired) electrons. The SMILES string of the molecule is CCCCCCCCCCCCCCCCCCOCC(COP(=O)(O)OCCBr)Oc1ccon1. The molecule has 1 aromatic rings. The van der Waals surface area contributed by atoms with Gasteiger partial charge in [-0.25, -0.2) is 4.57 Å². The van der Waals surface area contributed by atoms with Gasteiger partial charge in [0.1, 0.15) is 12.4 Å². The third-order valence-corrected chi connectivity index (χ3v) is 7.21. The third-order valence-electron chi connectivity index (χ3n) is 5.90. The molecule has 1 heterocycles. The summed E-state index contributed by atoms with van der Waals surface area (Å²) in [7, 11) is -4.14. The number of nitrogens with zero attached hydrogens (tertiary/aromatic N) is 1. The molecule has 36 heavy (non-hydrogen) atoms. The van der Waals surface area contributed by atoms with Crippen molar-refractivity contribution in [2.75, 3.05) is 31.8 Å². The molecule has 0 bridgehead atoms. The number of hydrogen-bond acceptors (Lipinski definition) is 7. The quantitative estimate of drug-likeness (QED) is 0.0614. The van der Waals surface area contributed by atoms with Crippen LogP contribution in [-0.2, 0) is 18.3 Å². The molecule has 8 nitrogen and oxygen atoms in total. The van der Waals surface area contributed by atoms with Crippen molar-refractivity contribution in [3.05, 3.63) is 12.3 Å². The highest BCUT2D eigenvalue weighted by Gasteiger charge is 2.24. The van der Waals surface area contributed by atoms with Gasteiger partial charge in [0, 0.05) is 18.0 Å². The van der Waals surface area contributed by atoms with Crippen LogP contribution in [0, 0.1) is 0 Å². The van der Waals surface area contributed by atoms with Gasteiger partial charge in [0.2, 0.25) is 0 Å². The number of aromatic nitrogens is 1. The van der Waals surface area contributed by atoms with Crippen molar-refractivity contribution in [2.24, 2.45) is 0 Å². The maximum absolute atomic E-state index is 11.9. The van der Waals surface area contributed by atoms with Crippen molar-refractivity contribution >= 4 is 23.8 Å². The fourth-order valence-electron chi connectivity index (χ4n) is 3.88. The minimum atomic E-state index is -4.14. The Morgan fingerprint density at radius 1 is 0.861 bits per heavy atom. The summed E-state index contributed by atoms with van der Waals surface area (Å²) in [5.74, 6) is 0.267. The van der Waals surface area contributed by atoms with Crippen molar-refractivity contribution < 1.29 is 32.5 Å². The Morgan fingerprint density at radius 2 is 1.42 bits per heavy atom. The molecule has 1 N–H and O–H groups in total. The zero-order valence-electron chi connectivity index (χ0n) is 22.3. The van der Waals surface area contributed by atoms with Crippen molar-refractivity contribution in [2.45, 2.75) is 116 Å². The summed E-state index contributed by atoms with van der Waals surface area (Å²) >= 11 is 3.14. The van der Waals surface area contributed by atoms with Gasteiger partial charge in [-0.2, -0.15) is 0 Å². The number of halogens is 1. The molecule has 0 spiro atoms. The lowest BCUT2D eigenvalue weighted by atomic mass is 10.0. The van der Waals surface area contributed by atoms with Gasteiger partial charge in [0.05, 0.1) is 19.8 Å². The van der Waals surface area contributed by atoms with Gasteiger partial charge in [-0.1, -0.05) is 119 Å². The van der Waals surface area contributed by atoms with Gasteiger partial charge in [0.15, 0.2) is 0 Å². The first-order valence-electron chi connectivity index (χ1n) is 13.9. The third kappa shape index (κ3) is 20.6. The molecule has 2 unspecified atom stereocenters. The van der Waals surface area contributed by atoms with E-state index >= 15 is 0 Å². The second-order valence-electron chi connectivity index (χ2n) is 9.24. The lowest BCUT2D eigenvalue weighted by molar-refractivity contribution is 0.0120. The molecule has 0 aliphatic rings. The first-order chi connectivity index (χ1) is 17.6. The smallest absolute Gasteiger partial charge is 0.467 e. The molecule has 0 aromatic carbocycles. The normalized spacial score (nSPS) is 14.1. The van der Waals surface area contributed by atoms with Crippen molar-refractivity contribution in [3.63, 3.8) is 0 Å². The summed E-state index contributed by atoms with van der Waals surface area (Å²) in [6.45, 7) is 2.99. The van der Waals surface area contributed by atoms with E-state index in [2.05, 4.69) is 28.0 Å². The van der Waals surface area contributed by atoms with E-state index in [9.17, 15) is 9.46 Å². The van der Waals surface area contributed by atoms with Crippen LogP contribution in [0.3, 0.4) is 0 Å².